The molecule has 13 nitrogen and oxygen atoms in total. The molecule has 0 saturated carbocycles. The Morgan fingerprint density at radius 3 is 2.18 bits per heavy atom. The molecule has 0 saturated heterocycles. The van der Waals surface area contributed by atoms with Gasteiger partial charge >= 0.3 is 6.03 Å². The minimum absolute atomic E-state index is 0. The molecule has 6 N–H and O–H groups in total. The summed E-state index contributed by atoms with van der Waals surface area (Å²) >= 11 is 0. The van der Waals surface area contributed by atoms with Crippen molar-refractivity contribution in [3.63, 3.8) is 0 Å². The number of imide groups is 1. The predicted octanol–water partition coefficient (Wildman–Crippen LogP) is 2.07. The molecule has 0 aliphatic heterocycles. The van der Waals surface area contributed by atoms with Crippen molar-refractivity contribution in [2.45, 2.75) is 65.8 Å². The second-order valence-corrected chi connectivity index (χ2v) is 9.08. The van der Waals surface area contributed by atoms with Gasteiger partial charge < -0.3 is 39.2 Å². The van der Waals surface area contributed by atoms with E-state index < -0.39 is 35.7 Å². The van der Waals surface area contributed by atoms with E-state index in [-0.39, 0.29) is 94.9 Å². The van der Waals surface area contributed by atoms with Gasteiger partial charge in [-0.2, -0.15) is 0 Å². The fourth-order valence-corrected chi connectivity index (χ4v) is 3.24. The second-order valence-electron chi connectivity index (χ2n) is 9.08. The molecule has 1 rings (SSSR count). The van der Waals surface area contributed by atoms with Crippen LogP contribution < -0.4 is 27.0 Å². The monoisotopic (exact) mass is 745 g/mol. The molecule has 0 aliphatic rings. The number of rotatable bonds is 18. The Balaban J connectivity index is -0.00000322. The topological polar surface area (TPSA) is 189 Å². The molecule has 0 aromatic heterocycles. The summed E-state index contributed by atoms with van der Waals surface area (Å²) < 4.78 is 5.28. The third kappa shape index (κ3) is 22.6. The van der Waals surface area contributed by atoms with Crippen molar-refractivity contribution in [2.24, 2.45) is 5.73 Å². The number of hydrogen-bond acceptors (Lipinski definition) is 7. The number of nitrogens with two attached hydrogens (primary N) is 1. The minimum Gasteiger partial charge on any atom is -0.379 e. The van der Waals surface area contributed by atoms with E-state index in [0.29, 0.717) is 18.5 Å². The molecule has 0 radical (unpaired) electrons. The van der Waals surface area contributed by atoms with E-state index in [2.05, 4.69) is 35.1 Å². The summed E-state index contributed by atoms with van der Waals surface area (Å²) in [5, 5.41) is 10.2. The summed E-state index contributed by atoms with van der Waals surface area (Å²) in [4.78, 5) is 71.7. The normalized spacial score (nSPS) is 10.5. The number of allylic oxidation sites excluding steroid dienone is 1. The standard InChI is InChI=1S/C26H38N6O7.C3H8.CH3.Ce/c1-3-6-24(36)32(18-33)14-16-39-15-12-22(34)29-17-23(35)31-21(7-5-13-28-26(27)38)25(37)30-20-10-8-19(4-2)9-11-20;1-3-2;;/h3,6,8-11,18,21H,4-5,7,12-17H2,1-2H3,(H,29,34)(H,30,37)(H,31,35)(H3,27,28,38);3H2,1-2H3;1H3;/q;;-1;/b6-3-;;;. The van der Waals surface area contributed by atoms with Gasteiger partial charge in [-0.25, -0.2) is 4.79 Å². The Kier molecular flexibility index (Phi) is 29.9. The molecule has 1 aromatic carbocycles. The number of nitrogens with zero attached hydrogens (tertiary/aromatic N) is 1. The number of anilines is 1. The van der Waals surface area contributed by atoms with E-state index in [1.807, 2.05) is 19.1 Å². The first-order valence-corrected chi connectivity index (χ1v) is 14.1. The van der Waals surface area contributed by atoms with Gasteiger partial charge in [-0.05, 0) is 50.0 Å². The molecule has 0 fully saturated rings. The van der Waals surface area contributed by atoms with Crippen molar-refractivity contribution in [1.29, 1.82) is 0 Å². The average molecular weight is 746 g/mol. The van der Waals surface area contributed by atoms with Gasteiger partial charge in [-0.3, -0.25) is 28.9 Å². The first-order valence-electron chi connectivity index (χ1n) is 14.1. The summed E-state index contributed by atoms with van der Waals surface area (Å²) in [5.41, 5.74) is 6.74. The van der Waals surface area contributed by atoms with E-state index in [1.54, 1.807) is 19.1 Å². The van der Waals surface area contributed by atoms with E-state index in [4.69, 9.17) is 10.5 Å². The second kappa shape index (κ2) is 28.9. The maximum absolute atomic E-state index is 12.8. The molecule has 44 heavy (non-hydrogen) atoms. The van der Waals surface area contributed by atoms with Gasteiger partial charge in [-0.15, -0.1) is 0 Å². The van der Waals surface area contributed by atoms with Crippen molar-refractivity contribution in [3.8, 4) is 0 Å². The maximum Gasteiger partial charge on any atom is 0.312 e. The molecule has 246 valence electrons. The van der Waals surface area contributed by atoms with Gasteiger partial charge in [0, 0.05) is 60.4 Å². The first kappa shape index (κ1) is 45.5. The predicted molar refractivity (Wildman–Crippen MR) is 167 cm³/mol. The van der Waals surface area contributed by atoms with Crippen LogP contribution in [0.25, 0.3) is 0 Å². The fourth-order valence-electron chi connectivity index (χ4n) is 3.24. The van der Waals surface area contributed by atoms with Crippen LogP contribution in [0, 0.1) is 49.2 Å². The van der Waals surface area contributed by atoms with Gasteiger partial charge in [0.05, 0.1) is 26.3 Å². The molecule has 0 aliphatic carbocycles. The molecule has 0 heterocycles. The molecular weight excluding hydrogens is 696 g/mol. The number of carbonyl (C=O) groups excluding carboxylic acids is 6. The molecule has 1 atom stereocenters. The van der Waals surface area contributed by atoms with Crippen molar-refractivity contribution < 1.29 is 75.3 Å². The quantitative estimate of drug-likeness (QED) is 0.0658. The summed E-state index contributed by atoms with van der Waals surface area (Å²) in [6.45, 7) is 7.91. The van der Waals surface area contributed by atoms with E-state index in [0.717, 1.165) is 16.9 Å². The molecule has 0 bridgehead atoms. The molecular formula is C30H49CeN6O7-. The number of carbonyl (C=O) groups is 6. The number of nitrogens with one attached hydrogen (secondary N) is 4. The Hall–Kier alpha value is -2.88. The number of amides is 7. The molecule has 0 spiro atoms. The van der Waals surface area contributed by atoms with Gasteiger partial charge in [0.2, 0.25) is 24.1 Å². The summed E-state index contributed by atoms with van der Waals surface area (Å²) in [6.07, 6.45) is 5.83. The number of aryl methyl sites for hydroxylation is 1. The Bertz CT molecular complexity index is 1020. The van der Waals surface area contributed by atoms with E-state index in [1.165, 1.54) is 18.6 Å². The summed E-state index contributed by atoms with van der Waals surface area (Å²) in [6, 6.07) is 5.71. The van der Waals surface area contributed by atoms with E-state index >= 15 is 0 Å². The Labute approximate surface area is 295 Å². The van der Waals surface area contributed by atoms with Crippen LogP contribution in [0.2, 0.25) is 0 Å². The molecule has 1 unspecified atom stereocenters. The number of benzene rings is 1. The molecule has 14 heteroatoms. The van der Waals surface area contributed by atoms with Crippen molar-refractivity contribution in [1.82, 2.24) is 20.9 Å². The zero-order valence-corrected chi connectivity index (χ0v) is 29.7. The van der Waals surface area contributed by atoms with Gasteiger partial charge in [0.1, 0.15) is 6.04 Å². The summed E-state index contributed by atoms with van der Waals surface area (Å²) in [7, 11) is 0. The maximum atomic E-state index is 12.8. The third-order valence-corrected chi connectivity index (χ3v) is 5.37. The van der Waals surface area contributed by atoms with Crippen LogP contribution in [0.3, 0.4) is 0 Å². The zero-order valence-electron chi connectivity index (χ0n) is 26.6. The third-order valence-electron chi connectivity index (χ3n) is 5.37. The number of primary amides is 1. The van der Waals surface area contributed by atoms with Crippen LogP contribution in [0.4, 0.5) is 10.5 Å². The van der Waals surface area contributed by atoms with Gasteiger partial charge in [0.15, 0.2) is 0 Å². The Morgan fingerprint density at radius 1 is 1.00 bits per heavy atom. The van der Waals surface area contributed by atoms with E-state index in [9.17, 15) is 28.8 Å². The van der Waals surface area contributed by atoms with Crippen LogP contribution in [0.15, 0.2) is 36.4 Å². The fraction of sp³-hybridized carbons (Fsp3) is 0.500. The zero-order chi connectivity index (χ0) is 31.8. The van der Waals surface area contributed by atoms with Gasteiger partial charge in [-0.1, -0.05) is 45.4 Å². The van der Waals surface area contributed by atoms with Gasteiger partial charge in [0.25, 0.3) is 5.91 Å². The SMILES string of the molecule is C/C=C\C(=O)N(C=O)CCOCCC(=O)NCC(=O)NC(CCCNC(N)=O)C(=O)Nc1ccc(CC)cc1.CCC.[CH3-].[Ce]. The van der Waals surface area contributed by atoms with Crippen molar-refractivity contribution in [3.05, 3.63) is 49.4 Å². The summed E-state index contributed by atoms with van der Waals surface area (Å²) in [5.74, 6) is -1.93. The molecule has 7 amide bonds. The minimum atomic E-state index is -0.913. The molecule has 1 aromatic rings. The van der Waals surface area contributed by atoms with Crippen LogP contribution in [-0.2, 0) is 35.1 Å². The van der Waals surface area contributed by atoms with Crippen molar-refractivity contribution in [2.75, 3.05) is 38.2 Å². The largest absolute Gasteiger partial charge is 0.379 e. The van der Waals surface area contributed by atoms with Crippen LogP contribution in [0.5, 0.6) is 0 Å². The average Bonchev–Trinajstić information content (AvgIpc) is 2.96. The van der Waals surface area contributed by atoms with Crippen LogP contribution in [0.1, 0.15) is 58.9 Å². The van der Waals surface area contributed by atoms with Crippen LogP contribution in [-0.4, -0.2) is 79.9 Å². The van der Waals surface area contributed by atoms with Crippen LogP contribution >= 0.6 is 0 Å². The number of urea groups is 1. The number of hydrogen-bond donors (Lipinski definition) is 5. The first-order chi connectivity index (χ1) is 20.1. The Morgan fingerprint density at radius 2 is 1.64 bits per heavy atom. The number of ether oxygens (including phenoxy) is 1. The van der Waals surface area contributed by atoms with Crippen molar-refractivity contribution >= 4 is 41.8 Å². The smallest absolute Gasteiger partial charge is 0.312 e.